The van der Waals surface area contributed by atoms with E-state index < -0.39 is 0 Å². The molecule has 1 atom stereocenters. The fourth-order valence-corrected chi connectivity index (χ4v) is 5.50. The van der Waals surface area contributed by atoms with Gasteiger partial charge in [-0.05, 0) is 57.2 Å². The lowest BCUT2D eigenvalue weighted by atomic mass is 9.62. The van der Waals surface area contributed by atoms with Gasteiger partial charge >= 0.3 is 0 Å². The van der Waals surface area contributed by atoms with Gasteiger partial charge in [0.05, 0.1) is 0 Å². The fourth-order valence-electron chi connectivity index (χ4n) is 5.50. The molecule has 3 aliphatic rings. The summed E-state index contributed by atoms with van der Waals surface area (Å²) < 4.78 is 0. The van der Waals surface area contributed by atoms with Gasteiger partial charge in [-0.1, -0.05) is 25.0 Å². The molecule has 1 aromatic carbocycles. The number of piperidine rings is 1. The summed E-state index contributed by atoms with van der Waals surface area (Å²) in [5, 5.41) is 9.65. The molecular formula is C22H32N2O2. The monoisotopic (exact) mass is 356 g/mol. The van der Waals surface area contributed by atoms with E-state index in [-0.39, 0.29) is 5.41 Å². The quantitative estimate of drug-likeness (QED) is 0.892. The largest absolute Gasteiger partial charge is 0.508 e. The smallest absolute Gasteiger partial charge is 0.225 e. The molecule has 4 nitrogen and oxygen atoms in total. The summed E-state index contributed by atoms with van der Waals surface area (Å²) in [5.74, 6) is 1.04. The highest BCUT2D eigenvalue weighted by molar-refractivity contribution is 5.79. The van der Waals surface area contributed by atoms with Gasteiger partial charge in [-0.15, -0.1) is 0 Å². The summed E-state index contributed by atoms with van der Waals surface area (Å²) in [6.45, 7) is 7.48. The number of hydrogen-bond acceptors (Lipinski definition) is 3. The first-order valence-corrected chi connectivity index (χ1v) is 10.3. The molecule has 1 aliphatic carbocycles. The van der Waals surface area contributed by atoms with E-state index in [4.69, 9.17) is 0 Å². The molecule has 1 N–H and O–H groups in total. The summed E-state index contributed by atoms with van der Waals surface area (Å²) in [6.07, 6.45) is 6.83. The van der Waals surface area contributed by atoms with Crippen LogP contribution >= 0.6 is 0 Å². The molecule has 2 saturated heterocycles. The molecule has 1 amide bonds. The minimum Gasteiger partial charge on any atom is -0.508 e. The van der Waals surface area contributed by atoms with Crippen molar-refractivity contribution < 1.29 is 9.90 Å². The predicted octanol–water partition coefficient (Wildman–Crippen LogP) is 3.96. The van der Waals surface area contributed by atoms with E-state index in [1.165, 1.54) is 18.4 Å². The van der Waals surface area contributed by atoms with Crippen molar-refractivity contribution in [2.24, 2.45) is 11.3 Å². The van der Waals surface area contributed by atoms with Crippen LogP contribution in [0.2, 0.25) is 0 Å². The summed E-state index contributed by atoms with van der Waals surface area (Å²) in [4.78, 5) is 17.5. The highest BCUT2D eigenvalue weighted by Crippen LogP contribution is 2.56. The van der Waals surface area contributed by atoms with Crippen LogP contribution in [0.5, 0.6) is 5.75 Å². The molecule has 0 aromatic heterocycles. The molecule has 2 aliphatic heterocycles. The standard InChI is InChI=1S/C22H32N2O2/c1-16(2)24-15-22(20(24)17-7-9-19(25)10-8-17)11-13-23(14-12-22)21(26)18-5-3-4-6-18/h7-10,16,18,20,25H,3-6,11-15H2,1-2H3. The first-order chi connectivity index (χ1) is 12.5. The lowest BCUT2D eigenvalue weighted by molar-refractivity contribution is -0.150. The Labute approximate surface area is 157 Å². The number of phenolic OH excluding ortho intramolecular Hbond substituents is 1. The van der Waals surface area contributed by atoms with Crippen LogP contribution in [-0.2, 0) is 4.79 Å². The van der Waals surface area contributed by atoms with Crippen molar-refractivity contribution in [3.63, 3.8) is 0 Å². The van der Waals surface area contributed by atoms with Gasteiger partial charge in [0.1, 0.15) is 5.75 Å². The second-order valence-corrected chi connectivity index (χ2v) is 8.93. The zero-order valence-corrected chi connectivity index (χ0v) is 16.2. The van der Waals surface area contributed by atoms with E-state index in [0.29, 0.717) is 29.7 Å². The van der Waals surface area contributed by atoms with Gasteiger partial charge in [0.25, 0.3) is 0 Å². The number of amides is 1. The third-order valence-corrected chi connectivity index (χ3v) is 7.06. The lowest BCUT2D eigenvalue weighted by Gasteiger charge is -2.62. The van der Waals surface area contributed by atoms with Crippen molar-refractivity contribution in [3.05, 3.63) is 29.8 Å². The van der Waals surface area contributed by atoms with Crippen molar-refractivity contribution in [2.75, 3.05) is 19.6 Å². The SMILES string of the molecule is CC(C)N1CC2(CCN(C(=O)C3CCCC3)CC2)C1c1ccc(O)cc1. The van der Waals surface area contributed by atoms with Gasteiger partial charge < -0.3 is 10.0 Å². The van der Waals surface area contributed by atoms with Gasteiger partial charge in [0, 0.05) is 43.1 Å². The van der Waals surface area contributed by atoms with Gasteiger partial charge in [-0.25, -0.2) is 0 Å². The highest BCUT2D eigenvalue weighted by atomic mass is 16.3. The third-order valence-electron chi connectivity index (χ3n) is 7.06. The Balaban J connectivity index is 1.47. The number of aromatic hydroxyl groups is 1. The average Bonchev–Trinajstić information content (AvgIpc) is 3.16. The summed E-state index contributed by atoms with van der Waals surface area (Å²) >= 11 is 0. The Hall–Kier alpha value is -1.55. The normalized spacial score (nSPS) is 26.4. The van der Waals surface area contributed by atoms with Crippen LogP contribution in [-0.4, -0.2) is 46.5 Å². The molecule has 0 radical (unpaired) electrons. The molecule has 142 valence electrons. The van der Waals surface area contributed by atoms with Crippen LogP contribution in [0.1, 0.15) is 64.0 Å². The van der Waals surface area contributed by atoms with Crippen LogP contribution in [0, 0.1) is 11.3 Å². The predicted molar refractivity (Wildman–Crippen MR) is 103 cm³/mol. The molecule has 1 unspecified atom stereocenters. The van der Waals surface area contributed by atoms with Gasteiger partial charge in [0.2, 0.25) is 5.91 Å². The summed E-state index contributed by atoms with van der Waals surface area (Å²) in [5.41, 5.74) is 1.59. The van der Waals surface area contributed by atoms with E-state index in [1.54, 1.807) is 12.1 Å². The molecule has 3 fully saturated rings. The minimum absolute atomic E-state index is 0.285. The molecule has 26 heavy (non-hydrogen) atoms. The minimum atomic E-state index is 0.285. The van der Waals surface area contributed by atoms with Crippen molar-refractivity contribution in [2.45, 2.75) is 64.5 Å². The zero-order valence-electron chi connectivity index (χ0n) is 16.2. The van der Waals surface area contributed by atoms with Gasteiger partial charge in [0.15, 0.2) is 0 Å². The van der Waals surface area contributed by atoms with Gasteiger partial charge in [-0.2, -0.15) is 0 Å². The van der Waals surface area contributed by atoms with Crippen LogP contribution in [0.3, 0.4) is 0 Å². The first kappa shape index (κ1) is 17.8. The highest BCUT2D eigenvalue weighted by Gasteiger charge is 2.55. The maximum absolute atomic E-state index is 12.8. The molecule has 1 aromatic rings. The Morgan fingerprint density at radius 2 is 1.73 bits per heavy atom. The lowest BCUT2D eigenvalue weighted by Crippen LogP contribution is -2.64. The van der Waals surface area contributed by atoms with Crippen molar-refractivity contribution in [1.82, 2.24) is 9.80 Å². The molecule has 0 bridgehead atoms. The molecule has 4 rings (SSSR count). The number of carbonyl (C=O) groups is 1. The topological polar surface area (TPSA) is 43.8 Å². The second-order valence-electron chi connectivity index (χ2n) is 8.93. The Morgan fingerprint density at radius 3 is 2.31 bits per heavy atom. The van der Waals surface area contributed by atoms with E-state index in [1.807, 2.05) is 0 Å². The van der Waals surface area contributed by atoms with E-state index in [9.17, 15) is 9.90 Å². The number of nitrogens with zero attached hydrogens (tertiary/aromatic N) is 2. The molecule has 4 heteroatoms. The van der Waals surface area contributed by atoms with Crippen LogP contribution in [0.4, 0.5) is 0 Å². The van der Waals surface area contributed by atoms with Crippen molar-refractivity contribution >= 4 is 5.91 Å². The molecule has 1 spiro atoms. The first-order valence-electron chi connectivity index (χ1n) is 10.3. The number of phenols is 1. The third kappa shape index (κ3) is 3.02. The Morgan fingerprint density at radius 1 is 1.12 bits per heavy atom. The second kappa shape index (κ2) is 6.88. The number of likely N-dealkylation sites (tertiary alicyclic amines) is 2. The van der Waals surface area contributed by atoms with E-state index >= 15 is 0 Å². The zero-order chi connectivity index (χ0) is 18.3. The van der Waals surface area contributed by atoms with Crippen molar-refractivity contribution in [1.29, 1.82) is 0 Å². The average molecular weight is 357 g/mol. The number of benzene rings is 1. The van der Waals surface area contributed by atoms with Crippen molar-refractivity contribution in [3.8, 4) is 5.75 Å². The number of hydrogen-bond donors (Lipinski definition) is 1. The Kier molecular flexibility index (Phi) is 4.72. The van der Waals surface area contributed by atoms with Crippen LogP contribution < -0.4 is 0 Å². The maximum atomic E-state index is 12.8. The van der Waals surface area contributed by atoms with Gasteiger partial charge in [-0.3, -0.25) is 9.69 Å². The number of rotatable bonds is 3. The Bertz CT molecular complexity index is 641. The maximum Gasteiger partial charge on any atom is 0.225 e. The molecular weight excluding hydrogens is 324 g/mol. The molecule has 2 heterocycles. The van der Waals surface area contributed by atoms with E-state index in [2.05, 4.69) is 35.8 Å². The number of carbonyl (C=O) groups excluding carboxylic acids is 1. The van der Waals surface area contributed by atoms with Crippen LogP contribution in [0.25, 0.3) is 0 Å². The van der Waals surface area contributed by atoms with E-state index in [0.717, 1.165) is 45.3 Å². The molecule has 1 saturated carbocycles. The van der Waals surface area contributed by atoms with Crippen LogP contribution in [0.15, 0.2) is 24.3 Å². The summed E-state index contributed by atoms with van der Waals surface area (Å²) in [7, 11) is 0. The fraction of sp³-hybridized carbons (Fsp3) is 0.682. The summed E-state index contributed by atoms with van der Waals surface area (Å²) in [6, 6.07) is 8.68.